The average Bonchev–Trinajstić information content (AvgIpc) is 3.17. The first-order chi connectivity index (χ1) is 15.4. The first-order valence-corrected chi connectivity index (χ1v) is 10.6. The van der Waals surface area contributed by atoms with E-state index in [1.165, 1.54) is 0 Å². The van der Waals surface area contributed by atoms with E-state index >= 15 is 0 Å². The van der Waals surface area contributed by atoms with Gasteiger partial charge in [0.1, 0.15) is 11.5 Å². The number of ketones is 1. The largest absolute Gasteiger partial charge is 0.441 e. The van der Waals surface area contributed by atoms with Crippen molar-refractivity contribution in [3.05, 3.63) is 71.6 Å². The molecule has 0 spiro atoms. The number of nitrogens with zero attached hydrogens (tertiary/aromatic N) is 1. The maximum absolute atomic E-state index is 12.2. The number of hydrogen-bond donors (Lipinski definition) is 2. The number of benzene rings is 2. The van der Waals surface area contributed by atoms with Crippen molar-refractivity contribution in [3.8, 4) is 11.5 Å². The Morgan fingerprint density at radius 1 is 1.03 bits per heavy atom. The molecule has 0 bridgehead atoms. The molecular formula is C25H27N3O4. The number of carbonyl (C=O) groups is 3. The minimum absolute atomic E-state index is 0.0964. The lowest BCUT2D eigenvalue weighted by Gasteiger charge is -2.07. The van der Waals surface area contributed by atoms with Crippen LogP contribution in [0.5, 0.6) is 0 Å². The van der Waals surface area contributed by atoms with Gasteiger partial charge in [0.05, 0.1) is 13.0 Å². The average molecular weight is 434 g/mol. The maximum Gasteiger partial charge on any atom is 0.287 e. The highest BCUT2D eigenvalue weighted by Crippen LogP contribution is 2.23. The number of nitrogens with one attached hydrogen (secondary N) is 2. The summed E-state index contributed by atoms with van der Waals surface area (Å²) in [5, 5.41) is 5.49. The Labute approximate surface area is 187 Å². The molecule has 2 amide bonds. The Hall–Kier alpha value is -3.74. The van der Waals surface area contributed by atoms with Crippen LogP contribution in [0.2, 0.25) is 0 Å². The maximum atomic E-state index is 12.2. The van der Waals surface area contributed by atoms with Gasteiger partial charge in [0.25, 0.3) is 5.91 Å². The van der Waals surface area contributed by atoms with E-state index in [0.29, 0.717) is 35.9 Å². The predicted molar refractivity (Wildman–Crippen MR) is 122 cm³/mol. The van der Waals surface area contributed by atoms with Gasteiger partial charge in [-0.3, -0.25) is 14.4 Å². The van der Waals surface area contributed by atoms with Crippen LogP contribution in [0.25, 0.3) is 11.5 Å². The molecular weight excluding hydrogens is 406 g/mol. The van der Waals surface area contributed by atoms with Gasteiger partial charge >= 0.3 is 0 Å². The second kappa shape index (κ2) is 10.5. The smallest absolute Gasteiger partial charge is 0.287 e. The van der Waals surface area contributed by atoms with Crippen LogP contribution >= 0.6 is 0 Å². The highest BCUT2D eigenvalue weighted by molar-refractivity contribution is 6.36. The molecule has 3 rings (SSSR count). The zero-order valence-corrected chi connectivity index (χ0v) is 18.5. The molecule has 0 saturated heterocycles. The van der Waals surface area contributed by atoms with Gasteiger partial charge in [0.15, 0.2) is 0 Å². The summed E-state index contributed by atoms with van der Waals surface area (Å²) in [5.41, 5.74) is 2.92. The zero-order chi connectivity index (χ0) is 23.1. The van der Waals surface area contributed by atoms with E-state index in [2.05, 4.69) is 15.6 Å². The van der Waals surface area contributed by atoms with Crippen molar-refractivity contribution in [2.45, 2.75) is 40.2 Å². The molecule has 1 atom stereocenters. The summed E-state index contributed by atoms with van der Waals surface area (Å²) in [6, 6.07) is 16.7. The van der Waals surface area contributed by atoms with E-state index in [-0.39, 0.29) is 18.4 Å². The third kappa shape index (κ3) is 5.91. The van der Waals surface area contributed by atoms with E-state index in [1.54, 1.807) is 38.1 Å². The highest BCUT2D eigenvalue weighted by Gasteiger charge is 2.20. The number of aryl methyl sites for hydroxylation is 1. The van der Waals surface area contributed by atoms with Crippen molar-refractivity contribution in [2.75, 3.05) is 5.32 Å². The SMILES string of the molecule is CCC(C)C(=O)C(=O)NCc1nc(-c2ccc(NC(=O)Cc3ccccc3)cc2)oc1C. The molecule has 0 aliphatic rings. The van der Waals surface area contributed by atoms with Gasteiger partial charge in [0.2, 0.25) is 17.6 Å². The van der Waals surface area contributed by atoms with Crippen molar-refractivity contribution >= 4 is 23.3 Å². The van der Waals surface area contributed by atoms with Crippen molar-refractivity contribution < 1.29 is 18.8 Å². The van der Waals surface area contributed by atoms with Crippen LogP contribution < -0.4 is 10.6 Å². The monoisotopic (exact) mass is 433 g/mol. The summed E-state index contributed by atoms with van der Waals surface area (Å²) in [4.78, 5) is 40.6. The number of rotatable bonds is 9. The molecule has 0 radical (unpaired) electrons. The Bertz CT molecular complexity index is 1090. The third-order valence-electron chi connectivity index (χ3n) is 5.22. The molecule has 1 unspecified atom stereocenters. The number of anilines is 1. The van der Waals surface area contributed by atoms with Crippen molar-refractivity contribution in [1.29, 1.82) is 0 Å². The fourth-order valence-electron chi connectivity index (χ4n) is 3.06. The topological polar surface area (TPSA) is 101 Å². The second-order valence-corrected chi connectivity index (χ2v) is 7.67. The van der Waals surface area contributed by atoms with E-state index in [1.807, 2.05) is 37.3 Å². The Kier molecular flexibility index (Phi) is 7.54. The van der Waals surface area contributed by atoms with Crippen LogP contribution in [-0.4, -0.2) is 22.6 Å². The molecule has 3 aromatic rings. The van der Waals surface area contributed by atoms with Crippen molar-refractivity contribution in [1.82, 2.24) is 10.3 Å². The van der Waals surface area contributed by atoms with Crippen LogP contribution in [0.3, 0.4) is 0 Å². The van der Waals surface area contributed by atoms with Crippen molar-refractivity contribution in [2.24, 2.45) is 5.92 Å². The van der Waals surface area contributed by atoms with E-state index in [9.17, 15) is 14.4 Å². The normalized spacial score (nSPS) is 11.6. The highest BCUT2D eigenvalue weighted by atomic mass is 16.4. The van der Waals surface area contributed by atoms with Crippen LogP contribution in [0.4, 0.5) is 5.69 Å². The number of Topliss-reactive ketones (excluding diaryl/α,β-unsaturated/α-hetero) is 1. The number of aromatic nitrogens is 1. The van der Waals surface area contributed by atoms with Gasteiger partial charge in [0, 0.05) is 17.2 Å². The molecule has 0 aliphatic carbocycles. The molecule has 32 heavy (non-hydrogen) atoms. The molecule has 1 heterocycles. The molecule has 7 nitrogen and oxygen atoms in total. The van der Waals surface area contributed by atoms with Crippen LogP contribution in [0.15, 0.2) is 59.0 Å². The zero-order valence-electron chi connectivity index (χ0n) is 18.5. The summed E-state index contributed by atoms with van der Waals surface area (Å²) in [7, 11) is 0. The number of oxazole rings is 1. The number of carbonyl (C=O) groups excluding carboxylic acids is 3. The minimum Gasteiger partial charge on any atom is -0.441 e. The summed E-state index contributed by atoms with van der Waals surface area (Å²) < 4.78 is 5.73. The first kappa shape index (κ1) is 22.9. The lowest BCUT2D eigenvalue weighted by atomic mass is 10.0. The van der Waals surface area contributed by atoms with Gasteiger partial charge in [-0.1, -0.05) is 44.2 Å². The lowest BCUT2D eigenvalue weighted by molar-refractivity contribution is -0.140. The summed E-state index contributed by atoms with van der Waals surface area (Å²) in [5.74, 6) is -0.479. The second-order valence-electron chi connectivity index (χ2n) is 7.67. The molecule has 0 fully saturated rings. The Morgan fingerprint density at radius 3 is 2.38 bits per heavy atom. The lowest BCUT2D eigenvalue weighted by Crippen LogP contribution is -2.34. The molecule has 2 aromatic carbocycles. The Morgan fingerprint density at radius 2 is 1.72 bits per heavy atom. The third-order valence-corrected chi connectivity index (χ3v) is 5.22. The van der Waals surface area contributed by atoms with E-state index in [4.69, 9.17) is 4.42 Å². The number of amides is 2. The number of hydrogen-bond acceptors (Lipinski definition) is 5. The fourth-order valence-corrected chi connectivity index (χ4v) is 3.06. The Balaban J connectivity index is 1.59. The molecule has 0 saturated carbocycles. The van der Waals surface area contributed by atoms with Gasteiger partial charge in [-0.05, 0) is 43.2 Å². The van der Waals surface area contributed by atoms with Gasteiger partial charge in [-0.25, -0.2) is 4.98 Å². The van der Waals surface area contributed by atoms with Crippen LogP contribution in [-0.2, 0) is 27.3 Å². The summed E-state index contributed by atoms with van der Waals surface area (Å²) >= 11 is 0. The van der Waals surface area contributed by atoms with E-state index in [0.717, 1.165) is 11.1 Å². The molecule has 1 aromatic heterocycles. The summed E-state index contributed by atoms with van der Waals surface area (Å²) in [6.07, 6.45) is 0.915. The van der Waals surface area contributed by atoms with Gasteiger partial charge < -0.3 is 15.1 Å². The van der Waals surface area contributed by atoms with E-state index < -0.39 is 11.7 Å². The molecule has 166 valence electrons. The molecule has 2 N–H and O–H groups in total. The van der Waals surface area contributed by atoms with Gasteiger partial charge in [-0.2, -0.15) is 0 Å². The van der Waals surface area contributed by atoms with Crippen LogP contribution in [0.1, 0.15) is 37.3 Å². The van der Waals surface area contributed by atoms with Crippen molar-refractivity contribution in [3.63, 3.8) is 0 Å². The van der Waals surface area contributed by atoms with Crippen LogP contribution in [0, 0.1) is 12.8 Å². The first-order valence-electron chi connectivity index (χ1n) is 10.6. The fraction of sp³-hybridized carbons (Fsp3) is 0.280. The minimum atomic E-state index is -0.612. The quantitative estimate of drug-likeness (QED) is 0.496. The molecule has 0 aliphatic heterocycles. The predicted octanol–water partition coefficient (Wildman–Crippen LogP) is 4.06. The standard InChI is InChI=1S/C25H27N3O4/c1-4-16(2)23(30)24(31)26-15-21-17(3)32-25(28-21)19-10-12-20(13-11-19)27-22(29)14-18-8-6-5-7-9-18/h5-13,16H,4,14-15H2,1-3H3,(H,26,31)(H,27,29). The summed E-state index contributed by atoms with van der Waals surface area (Å²) in [6.45, 7) is 5.47. The molecule has 7 heteroatoms. The van der Waals surface area contributed by atoms with Gasteiger partial charge in [-0.15, -0.1) is 0 Å².